The normalized spacial score (nSPS) is 15.9. The zero-order valence-electron chi connectivity index (χ0n) is 14.7. The van der Waals surface area contributed by atoms with E-state index in [4.69, 9.17) is 4.74 Å². The van der Waals surface area contributed by atoms with E-state index in [2.05, 4.69) is 27.5 Å². The maximum absolute atomic E-state index is 12.3. The van der Waals surface area contributed by atoms with Crippen LogP contribution in [0.2, 0.25) is 0 Å². The van der Waals surface area contributed by atoms with Crippen molar-refractivity contribution in [3.05, 3.63) is 87.6 Å². The van der Waals surface area contributed by atoms with Gasteiger partial charge < -0.3 is 15.0 Å². The Hall–Kier alpha value is -3.19. The average Bonchev–Trinajstić information content (AvgIpc) is 3.10. The minimum atomic E-state index is -0.420. The zero-order valence-corrected chi connectivity index (χ0v) is 14.7. The van der Waals surface area contributed by atoms with Crippen LogP contribution in [0.4, 0.5) is 0 Å². The van der Waals surface area contributed by atoms with Crippen LogP contribution in [0.25, 0.3) is 0 Å². The number of nitrogens with one attached hydrogen (secondary N) is 2. The topological polar surface area (TPSA) is 89.0 Å². The Morgan fingerprint density at radius 1 is 1.26 bits per heavy atom. The van der Waals surface area contributed by atoms with Gasteiger partial charge in [0.1, 0.15) is 11.7 Å². The van der Waals surface area contributed by atoms with Gasteiger partial charge in [-0.1, -0.05) is 30.3 Å². The second-order valence-corrected chi connectivity index (χ2v) is 6.46. The number of hydrogen-bond acceptors (Lipinski definition) is 4. The maximum atomic E-state index is 12.3. The molecule has 0 saturated heterocycles. The summed E-state index contributed by atoms with van der Waals surface area (Å²) >= 11 is 0. The van der Waals surface area contributed by atoms with Crippen LogP contribution >= 0.6 is 0 Å². The molecule has 7 heteroatoms. The number of benzene rings is 1. The minimum Gasteiger partial charge on any atom is -0.370 e. The Kier molecular flexibility index (Phi) is 4.84. The van der Waals surface area contributed by atoms with E-state index in [9.17, 15) is 9.59 Å². The second-order valence-electron chi connectivity index (χ2n) is 6.46. The molecular formula is C20H20N4O3. The Balaban J connectivity index is 1.46. The van der Waals surface area contributed by atoms with Gasteiger partial charge in [-0.15, -0.1) is 0 Å². The molecule has 2 aromatic heterocycles. The smallest absolute Gasteiger partial charge is 0.260 e. The maximum Gasteiger partial charge on any atom is 0.260 e. The summed E-state index contributed by atoms with van der Waals surface area (Å²) in [6.45, 7) is 1.53. The number of rotatable bonds is 5. The molecule has 1 atom stereocenters. The summed E-state index contributed by atoms with van der Waals surface area (Å²) in [7, 11) is 0. The standard InChI is InChI=1S/C20H20N4O3/c25-19-16(7-4-9-21-19)20(26)22-11-17-18-15(8-10-27-17)13-24(23-18)12-14-5-2-1-3-6-14/h1-7,9,13,17H,8,10-12H2,(H,21,25)(H,22,26)/t17-/m0/s1. The van der Waals surface area contributed by atoms with Gasteiger partial charge in [0.25, 0.3) is 11.5 Å². The molecule has 0 aliphatic carbocycles. The first-order valence-electron chi connectivity index (χ1n) is 8.88. The fourth-order valence-electron chi connectivity index (χ4n) is 3.22. The summed E-state index contributed by atoms with van der Waals surface area (Å²) in [5, 5.41) is 7.44. The Bertz CT molecular complexity index is 994. The minimum absolute atomic E-state index is 0.0862. The summed E-state index contributed by atoms with van der Waals surface area (Å²) in [5.74, 6) is -0.420. The van der Waals surface area contributed by atoms with Crippen LogP contribution in [0.5, 0.6) is 0 Å². The van der Waals surface area contributed by atoms with E-state index >= 15 is 0 Å². The summed E-state index contributed by atoms with van der Waals surface area (Å²) in [4.78, 5) is 26.5. The van der Waals surface area contributed by atoms with Gasteiger partial charge in [0.15, 0.2) is 0 Å². The molecule has 27 heavy (non-hydrogen) atoms. The fourth-order valence-corrected chi connectivity index (χ4v) is 3.22. The highest BCUT2D eigenvalue weighted by Crippen LogP contribution is 2.25. The number of hydrogen-bond donors (Lipinski definition) is 2. The predicted molar refractivity (Wildman–Crippen MR) is 99.6 cm³/mol. The van der Waals surface area contributed by atoms with Gasteiger partial charge in [-0.05, 0) is 29.7 Å². The van der Waals surface area contributed by atoms with Gasteiger partial charge >= 0.3 is 0 Å². The summed E-state index contributed by atoms with van der Waals surface area (Å²) in [6.07, 6.45) is 4.02. The Morgan fingerprint density at radius 3 is 2.93 bits per heavy atom. The molecule has 4 rings (SSSR count). The van der Waals surface area contributed by atoms with Gasteiger partial charge in [0.05, 0.1) is 18.8 Å². The highest BCUT2D eigenvalue weighted by molar-refractivity contribution is 5.93. The average molecular weight is 364 g/mol. The monoisotopic (exact) mass is 364 g/mol. The SMILES string of the molecule is O=C(NC[C@@H]1OCCc2cn(Cc3ccccc3)nc21)c1ccc[nH]c1=O. The number of aromatic amines is 1. The van der Waals surface area contributed by atoms with Gasteiger partial charge in [-0.3, -0.25) is 14.3 Å². The van der Waals surface area contributed by atoms with Crippen molar-refractivity contribution in [2.24, 2.45) is 0 Å². The molecule has 1 aliphatic rings. The lowest BCUT2D eigenvalue weighted by Crippen LogP contribution is -2.34. The number of pyridine rings is 1. The number of amides is 1. The van der Waals surface area contributed by atoms with Crippen LogP contribution in [-0.4, -0.2) is 33.8 Å². The van der Waals surface area contributed by atoms with E-state index in [0.717, 1.165) is 17.7 Å². The molecule has 1 aliphatic heterocycles. The first kappa shape index (κ1) is 17.2. The highest BCUT2D eigenvalue weighted by atomic mass is 16.5. The van der Waals surface area contributed by atoms with E-state index in [0.29, 0.717) is 13.2 Å². The number of nitrogens with zero attached hydrogens (tertiary/aromatic N) is 2. The molecule has 0 fully saturated rings. The number of fused-ring (bicyclic) bond motifs is 1. The Morgan fingerprint density at radius 2 is 2.11 bits per heavy atom. The van der Waals surface area contributed by atoms with Crippen LogP contribution in [0.1, 0.15) is 33.3 Å². The lowest BCUT2D eigenvalue weighted by molar-refractivity contribution is 0.0383. The number of carbonyl (C=O) groups excluding carboxylic acids is 1. The third-order valence-electron chi connectivity index (χ3n) is 4.56. The second kappa shape index (κ2) is 7.59. The molecule has 138 valence electrons. The van der Waals surface area contributed by atoms with Crippen molar-refractivity contribution in [3.63, 3.8) is 0 Å². The predicted octanol–water partition coefficient (Wildman–Crippen LogP) is 1.66. The van der Waals surface area contributed by atoms with Crippen molar-refractivity contribution >= 4 is 5.91 Å². The first-order valence-corrected chi connectivity index (χ1v) is 8.88. The molecule has 3 heterocycles. The van der Waals surface area contributed by atoms with Crippen molar-refractivity contribution in [1.29, 1.82) is 0 Å². The molecular weight excluding hydrogens is 344 g/mol. The molecule has 1 aromatic carbocycles. The first-order chi connectivity index (χ1) is 13.2. The van der Waals surface area contributed by atoms with Gasteiger partial charge in [0.2, 0.25) is 0 Å². The number of aromatic nitrogens is 3. The molecule has 0 radical (unpaired) electrons. The third-order valence-corrected chi connectivity index (χ3v) is 4.56. The van der Waals surface area contributed by atoms with E-state index in [1.807, 2.05) is 29.1 Å². The van der Waals surface area contributed by atoms with E-state index in [1.54, 1.807) is 6.07 Å². The van der Waals surface area contributed by atoms with Crippen molar-refractivity contribution < 1.29 is 9.53 Å². The summed E-state index contributed by atoms with van der Waals surface area (Å²) in [5.41, 5.74) is 2.83. The van der Waals surface area contributed by atoms with Crippen LogP contribution in [0.15, 0.2) is 59.7 Å². The summed E-state index contributed by atoms with van der Waals surface area (Å²) in [6, 6.07) is 13.2. The largest absolute Gasteiger partial charge is 0.370 e. The zero-order chi connectivity index (χ0) is 18.6. The third kappa shape index (κ3) is 3.83. The lowest BCUT2D eigenvalue weighted by atomic mass is 10.1. The molecule has 0 spiro atoms. The number of ether oxygens (including phenoxy) is 1. The molecule has 0 saturated carbocycles. The Labute approximate surface area is 156 Å². The highest BCUT2D eigenvalue weighted by Gasteiger charge is 2.25. The molecule has 2 N–H and O–H groups in total. The van der Waals surface area contributed by atoms with Crippen molar-refractivity contribution in [2.45, 2.75) is 19.1 Å². The van der Waals surface area contributed by atoms with Crippen LogP contribution in [0, 0.1) is 0 Å². The summed E-state index contributed by atoms with van der Waals surface area (Å²) < 4.78 is 7.72. The van der Waals surface area contributed by atoms with E-state index < -0.39 is 11.5 Å². The van der Waals surface area contributed by atoms with Gasteiger partial charge in [0, 0.05) is 18.9 Å². The van der Waals surface area contributed by atoms with Gasteiger partial charge in [-0.25, -0.2) is 0 Å². The fraction of sp³-hybridized carbons (Fsp3) is 0.250. The van der Waals surface area contributed by atoms with Crippen LogP contribution in [0.3, 0.4) is 0 Å². The molecule has 1 amide bonds. The van der Waals surface area contributed by atoms with Crippen molar-refractivity contribution in [2.75, 3.05) is 13.2 Å². The molecule has 0 unspecified atom stereocenters. The lowest BCUT2D eigenvalue weighted by Gasteiger charge is -2.22. The van der Waals surface area contributed by atoms with Gasteiger partial charge in [-0.2, -0.15) is 5.10 Å². The van der Waals surface area contributed by atoms with Crippen molar-refractivity contribution in [1.82, 2.24) is 20.1 Å². The number of H-pyrrole nitrogens is 1. The molecule has 0 bridgehead atoms. The number of carbonyl (C=O) groups is 1. The van der Waals surface area contributed by atoms with Crippen LogP contribution in [-0.2, 0) is 17.7 Å². The van der Waals surface area contributed by atoms with Crippen LogP contribution < -0.4 is 10.9 Å². The molecule has 3 aromatic rings. The quantitative estimate of drug-likeness (QED) is 0.721. The molecule has 7 nitrogen and oxygen atoms in total. The van der Waals surface area contributed by atoms with E-state index in [-0.39, 0.29) is 18.2 Å². The van der Waals surface area contributed by atoms with E-state index in [1.165, 1.54) is 17.8 Å². The van der Waals surface area contributed by atoms with Crippen molar-refractivity contribution in [3.8, 4) is 0 Å².